The summed E-state index contributed by atoms with van der Waals surface area (Å²) in [6, 6.07) is 11.6. The quantitative estimate of drug-likeness (QED) is 0.724. The molecule has 2 N–H and O–H groups in total. The van der Waals surface area contributed by atoms with Crippen LogP contribution in [0.1, 0.15) is 51.9 Å². The maximum Gasteiger partial charge on any atom is 0.243 e. The molecular formula is C23H26N2O3. The van der Waals surface area contributed by atoms with Crippen LogP contribution in [-0.4, -0.2) is 24.1 Å². The average molecular weight is 378 g/mol. The van der Waals surface area contributed by atoms with Crippen molar-refractivity contribution in [3.05, 3.63) is 64.2 Å². The second kappa shape index (κ2) is 8.83. The first kappa shape index (κ1) is 19.8. The first-order chi connectivity index (χ1) is 13.4. The van der Waals surface area contributed by atoms with E-state index in [0.29, 0.717) is 5.56 Å². The Morgan fingerprint density at radius 2 is 1.61 bits per heavy atom. The van der Waals surface area contributed by atoms with Crippen LogP contribution in [0.15, 0.2) is 36.4 Å². The number of nitrogens with one attached hydrogen (secondary N) is 2. The SMILES string of the molecule is Cc1cccc(C)c1NC(=O)CNC(=O)CCC(=O)c1ccc2c(c1)CCC2. The Hall–Kier alpha value is -2.95. The van der Waals surface area contributed by atoms with E-state index in [9.17, 15) is 14.4 Å². The highest BCUT2D eigenvalue weighted by Crippen LogP contribution is 2.23. The lowest BCUT2D eigenvalue weighted by Gasteiger charge is -2.12. The number of aryl methyl sites for hydroxylation is 4. The molecule has 2 aromatic carbocycles. The van der Waals surface area contributed by atoms with Crippen molar-refractivity contribution in [2.75, 3.05) is 11.9 Å². The molecule has 0 bridgehead atoms. The average Bonchev–Trinajstić information content (AvgIpc) is 3.15. The van der Waals surface area contributed by atoms with Crippen LogP contribution in [0.25, 0.3) is 0 Å². The highest BCUT2D eigenvalue weighted by molar-refractivity contribution is 5.99. The van der Waals surface area contributed by atoms with Crippen LogP contribution >= 0.6 is 0 Å². The number of fused-ring (bicyclic) bond motifs is 1. The van der Waals surface area contributed by atoms with Gasteiger partial charge in [-0.05, 0) is 61.4 Å². The van der Waals surface area contributed by atoms with Crippen molar-refractivity contribution in [3.63, 3.8) is 0 Å². The third-order valence-electron chi connectivity index (χ3n) is 5.19. The van der Waals surface area contributed by atoms with Gasteiger partial charge in [0.05, 0.1) is 6.54 Å². The minimum atomic E-state index is -0.300. The van der Waals surface area contributed by atoms with Gasteiger partial charge in [0.2, 0.25) is 11.8 Å². The molecule has 28 heavy (non-hydrogen) atoms. The number of benzene rings is 2. The van der Waals surface area contributed by atoms with Gasteiger partial charge in [0, 0.05) is 24.1 Å². The predicted molar refractivity (Wildman–Crippen MR) is 110 cm³/mol. The summed E-state index contributed by atoms with van der Waals surface area (Å²) >= 11 is 0. The second-order valence-corrected chi connectivity index (χ2v) is 7.35. The third-order valence-corrected chi connectivity index (χ3v) is 5.19. The van der Waals surface area contributed by atoms with E-state index in [4.69, 9.17) is 0 Å². The first-order valence-electron chi connectivity index (χ1n) is 9.72. The Labute approximate surface area is 165 Å². The van der Waals surface area contributed by atoms with Crippen molar-refractivity contribution in [2.45, 2.75) is 46.0 Å². The molecule has 1 aliphatic rings. The van der Waals surface area contributed by atoms with Crippen LogP contribution < -0.4 is 10.6 Å². The minimum Gasteiger partial charge on any atom is -0.347 e. The number of carbonyl (C=O) groups is 3. The first-order valence-corrected chi connectivity index (χ1v) is 9.72. The zero-order chi connectivity index (χ0) is 20.1. The minimum absolute atomic E-state index is 0.0372. The molecule has 3 rings (SSSR count). The van der Waals surface area contributed by atoms with E-state index in [1.54, 1.807) is 0 Å². The summed E-state index contributed by atoms with van der Waals surface area (Å²) in [6.07, 6.45) is 3.46. The number of Topliss-reactive ketones (excluding diaryl/α,β-unsaturated/α-hetero) is 1. The summed E-state index contributed by atoms with van der Waals surface area (Å²) in [4.78, 5) is 36.5. The molecule has 0 fully saturated rings. The Kier molecular flexibility index (Phi) is 6.24. The molecular weight excluding hydrogens is 352 g/mol. The summed E-state index contributed by atoms with van der Waals surface area (Å²) in [6.45, 7) is 3.73. The van der Waals surface area contributed by atoms with Gasteiger partial charge < -0.3 is 10.6 Å². The normalized spacial score (nSPS) is 12.4. The Morgan fingerprint density at radius 3 is 2.36 bits per heavy atom. The molecule has 5 heteroatoms. The number of hydrogen-bond donors (Lipinski definition) is 2. The molecule has 1 aliphatic carbocycles. The van der Waals surface area contributed by atoms with Gasteiger partial charge in [-0.25, -0.2) is 0 Å². The van der Waals surface area contributed by atoms with E-state index in [0.717, 1.165) is 36.1 Å². The molecule has 2 amide bonds. The van der Waals surface area contributed by atoms with Gasteiger partial charge in [-0.2, -0.15) is 0 Å². The van der Waals surface area contributed by atoms with Gasteiger partial charge in [0.25, 0.3) is 0 Å². The highest BCUT2D eigenvalue weighted by Gasteiger charge is 2.15. The van der Waals surface area contributed by atoms with Crippen molar-refractivity contribution in [1.29, 1.82) is 0 Å². The van der Waals surface area contributed by atoms with E-state index in [-0.39, 0.29) is 37.0 Å². The Bertz CT molecular complexity index is 898. The summed E-state index contributed by atoms with van der Waals surface area (Å²) in [7, 11) is 0. The summed E-state index contributed by atoms with van der Waals surface area (Å²) in [5.74, 6) is -0.619. The summed E-state index contributed by atoms with van der Waals surface area (Å²) in [5, 5.41) is 5.41. The molecule has 2 aromatic rings. The molecule has 0 aliphatic heterocycles. The van der Waals surface area contributed by atoms with Crippen molar-refractivity contribution >= 4 is 23.3 Å². The van der Waals surface area contributed by atoms with Crippen LogP contribution in [0.5, 0.6) is 0 Å². The monoisotopic (exact) mass is 378 g/mol. The molecule has 0 radical (unpaired) electrons. The zero-order valence-corrected chi connectivity index (χ0v) is 16.4. The number of amides is 2. The maximum atomic E-state index is 12.3. The molecule has 0 spiro atoms. The fourth-order valence-electron chi connectivity index (χ4n) is 3.58. The summed E-state index contributed by atoms with van der Waals surface area (Å²) < 4.78 is 0. The highest BCUT2D eigenvalue weighted by atomic mass is 16.2. The smallest absolute Gasteiger partial charge is 0.243 e. The lowest BCUT2D eigenvalue weighted by atomic mass is 10.0. The number of anilines is 1. The van der Waals surface area contributed by atoms with Crippen molar-refractivity contribution in [2.24, 2.45) is 0 Å². The van der Waals surface area contributed by atoms with Crippen molar-refractivity contribution in [1.82, 2.24) is 5.32 Å². The maximum absolute atomic E-state index is 12.3. The van der Waals surface area contributed by atoms with Gasteiger partial charge in [0.15, 0.2) is 5.78 Å². The fraction of sp³-hybridized carbons (Fsp3) is 0.348. The largest absolute Gasteiger partial charge is 0.347 e. The van der Waals surface area contributed by atoms with Gasteiger partial charge >= 0.3 is 0 Å². The summed E-state index contributed by atoms with van der Waals surface area (Å²) in [5.41, 5.74) is 5.96. The molecule has 5 nitrogen and oxygen atoms in total. The van der Waals surface area contributed by atoms with Gasteiger partial charge in [-0.1, -0.05) is 30.3 Å². The predicted octanol–water partition coefficient (Wildman–Crippen LogP) is 3.51. The molecule has 0 saturated heterocycles. The van der Waals surface area contributed by atoms with Crippen LogP contribution in [0, 0.1) is 13.8 Å². The number of para-hydroxylation sites is 1. The number of rotatable bonds is 7. The van der Waals surface area contributed by atoms with E-state index >= 15 is 0 Å². The lowest BCUT2D eigenvalue weighted by molar-refractivity contribution is -0.124. The van der Waals surface area contributed by atoms with Gasteiger partial charge in [-0.3, -0.25) is 14.4 Å². The number of ketones is 1. The van der Waals surface area contributed by atoms with Gasteiger partial charge in [-0.15, -0.1) is 0 Å². The van der Waals surface area contributed by atoms with E-state index < -0.39 is 0 Å². The van der Waals surface area contributed by atoms with Crippen LogP contribution in [-0.2, 0) is 22.4 Å². The lowest BCUT2D eigenvalue weighted by Crippen LogP contribution is -2.33. The molecule has 0 heterocycles. The molecule has 0 aromatic heterocycles. The van der Waals surface area contributed by atoms with Crippen LogP contribution in [0.3, 0.4) is 0 Å². The van der Waals surface area contributed by atoms with Crippen LogP contribution in [0.4, 0.5) is 5.69 Å². The number of hydrogen-bond acceptors (Lipinski definition) is 3. The topological polar surface area (TPSA) is 75.3 Å². The van der Waals surface area contributed by atoms with E-state index in [1.165, 1.54) is 11.1 Å². The van der Waals surface area contributed by atoms with Crippen molar-refractivity contribution < 1.29 is 14.4 Å². The standard InChI is InChI=1S/C23H26N2O3/c1-15-5-3-6-16(2)23(15)25-22(28)14-24-21(27)12-11-20(26)19-10-9-17-7-4-8-18(17)13-19/h3,5-6,9-10,13H,4,7-8,11-12,14H2,1-2H3,(H,24,27)(H,25,28). The Morgan fingerprint density at radius 1 is 0.893 bits per heavy atom. The third kappa shape index (κ3) is 4.85. The van der Waals surface area contributed by atoms with Crippen LogP contribution in [0.2, 0.25) is 0 Å². The van der Waals surface area contributed by atoms with E-state index in [2.05, 4.69) is 10.6 Å². The Balaban J connectivity index is 1.44. The molecule has 0 saturated carbocycles. The zero-order valence-electron chi connectivity index (χ0n) is 16.4. The number of carbonyl (C=O) groups excluding carboxylic acids is 3. The van der Waals surface area contributed by atoms with Gasteiger partial charge in [0.1, 0.15) is 0 Å². The second-order valence-electron chi connectivity index (χ2n) is 7.35. The molecule has 0 unspecified atom stereocenters. The van der Waals surface area contributed by atoms with Crippen molar-refractivity contribution in [3.8, 4) is 0 Å². The molecule has 146 valence electrons. The molecule has 0 atom stereocenters. The fourth-order valence-corrected chi connectivity index (χ4v) is 3.58. The van der Waals surface area contributed by atoms with E-state index in [1.807, 2.05) is 50.2 Å².